The number of alkyl halides is 3. The number of halogens is 4. The number of aryl methyl sites for hydroxylation is 1. The van der Waals surface area contributed by atoms with Crippen LogP contribution in [0.15, 0.2) is 15.6 Å². The SMILES string of the molecule is CCc1[nH]c2ncc(Br)nc2c(=O)c1N1CCNC2CCC21.O=C(O)C(F)(F)F. The number of hydrogen-bond donors (Lipinski definition) is 3. The number of nitrogens with one attached hydrogen (secondary N) is 2. The van der Waals surface area contributed by atoms with Gasteiger partial charge in [-0.1, -0.05) is 6.92 Å². The van der Waals surface area contributed by atoms with Gasteiger partial charge in [0.05, 0.1) is 6.20 Å². The van der Waals surface area contributed by atoms with Crippen LogP contribution in [0.25, 0.3) is 11.2 Å². The summed E-state index contributed by atoms with van der Waals surface area (Å²) in [5.41, 5.74) is 2.72. The van der Waals surface area contributed by atoms with Gasteiger partial charge in [0.15, 0.2) is 11.2 Å². The van der Waals surface area contributed by atoms with Gasteiger partial charge in [0.25, 0.3) is 0 Å². The zero-order valence-corrected chi connectivity index (χ0v) is 17.0. The molecule has 2 unspecified atom stereocenters. The first-order valence-corrected chi connectivity index (χ1v) is 9.80. The minimum absolute atomic E-state index is 0.00745. The first-order chi connectivity index (χ1) is 13.6. The summed E-state index contributed by atoms with van der Waals surface area (Å²) in [4.78, 5) is 36.1. The highest BCUT2D eigenvalue weighted by Gasteiger charge is 2.40. The van der Waals surface area contributed by atoms with Crippen molar-refractivity contribution < 1.29 is 23.1 Å². The highest BCUT2D eigenvalue weighted by molar-refractivity contribution is 9.10. The van der Waals surface area contributed by atoms with Gasteiger partial charge in [-0.25, -0.2) is 14.8 Å². The Morgan fingerprint density at radius 2 is 2.10 bits per heavy atom. The predicted molar refractivity (Wildman–Crippen MR) is 103 cm³/mol. The minimum atomic E-state index is -5.08. The Balaban J connectivity index is 0.000000298. The fourth-order valence-corrected chi connectivity index (χ4v) is 3.82. The first-order valence-electron chi connectivity index (χ1n) is 9.01. The third kappa shape index (κ3) is 4.37. The molecule has 1 saturated carbocycles. The van der Waals surface area contributed by atoms with Crippen molar-refractivity contribution in [2.45, 2.75) is 44.4 Å². The van der Waals surface area contributed by atoms with E-state index >= 15 is 0 Å². The number of H-pyrrole nitrogens is 1. The molecule has 1 aliphatic carbocycles. The molecule has 2 aromatic rings. The van der Waals surface area contributed by atoms with E-state index in [2.05, 4.69) is 48.0 Å². The maximum Gasteiger partial charge on any atom is 0.490 e. The van der Waals surface area contributed by atoms with Crippen molar-refractivity contribution in [2.24, 2.45) is 0 Å². The third-order valence-corrected chi connectivity index (χ3v) is 5.39. The topological polar surface area (TPSA) is 111 Å². The van der Waals surface area contributed by atoms with Crippen LogP contribution in [0.2, 0.25) is 0 Å². The summed E-state index contributed by atoms with van der Waals surface area (Å²) in [6, 6.07) is 0.944. The van der Waals surface area contributed by atoms with Gasteiger partial charge in [-0.05, 0) is 35.2 Å². The lowest BCUT2D eigenvalue weighted by Gasteiger charge is -2.50. The summed E-state index contributed by atoms with van der Waals surface area (Å²) in [6.07, 6.45) is -0.355. The molecule has 2 atom stereocenters. The molecule has 0 amide bonds. The highest BCUT2D eigenvalue weighted by atomic mass is 79.9. The van der Waals surface area contributed by atoms with Crippen LogP contribution in [0.5, 0.6) is 0 Å². The summed E-state index contributed by atoms with van der Waals surface area (Å²) >= 11 is 3.31. The van der Waals surface area contributed by atoms with E-state index in [4.69, 9.17) is 9.90 Å². The van der Waals surface area contributed by atoms with Gasteiger partial charge in [-0.15, -0.1) is 0 Å². The molecule has 12 heteroatoms. The van der Waals surface area contributed by atoms with Crippen molar-refractivity contribution >= 4 is 38.8 Å². The average Bonchev–Trinajstić information content (AvgIpc) is 2.62. The second-order valence-corrected chi connectivity index (χ2v) is 7.54. The molecule has 2 aliphatic rings. The third-order valence-electron chi connectivity index (χ3n) is 5.01. The Bertz CT molecular complexity index is 981. The molecule has 3 N–H and O–H groups in total. The maximum atomic E-state index is 13.0. The van der Waals surface area contributed by atoms with Gasteiger partial charge in [0.1, 0.15) is 10.3 Å². The molecule has 158 valence electrons. The Morgan fingerprint density at radius 3 is 2.66 bits per heavy atom. The molecule has 0 bridgehead atoms. The van der Waals surface area contributed by atoms with E-state index in [1.54, 1.807) is 6.20 Å². The van der Waals surface area contributed by atoms with E-state index < -0.39 is 12.1 Å². The van der Waals surface area contributed by atoms with Crippen molar-refractivity contribution in [3.63, 3.8) is 0 Å². The lowest BCUT2D eigenvalue weighted by atomic mass is 9.83. The Kier molecular flexibility index (Phi) is 6.13. The Morgan fingerprint density at radius 1 is 1.41 bits per heavy atom. The van der Waals surface area contributed by atoms with Crippen LogP contribution in [0, 0.1) is 0 Å². The molecule has 29 heavy (non-hydrogen) atoms. The van der Waals surface area contributed by atoms with Gasteiger partial charge in [-0.3, -0.25) is 4.79 Å². The van der Waals surface area contributed by atoms with E-state index in [0.717, 1.165) is 37.3 Å². The van der Waals surface area contributed by atoms with Crippen LogP contribution in [0.4, 0.5) is 18.9 Å². The van der Waals surface area contributed by atoms with Crippen LogP contribution in [0.3, 0.4) is 0 Å². The largest absolute Gasteiger partial charge is 0.490 e. The molecule has 3 heterocycles. The lowest BCUT2D eigenvalue weighted by molar-refractivity contribution is -0.192. The van der Waals surface area contributed by atoms with E-state index in [1.165, 1.54) is 6.42 Å². The number of nitrogens with zero attached hydrogens (tertiary/aromatic N) is 3. The number of aromatic nitrogens is 3. The number of aliphatic carboxylic acids is 1. The monoisotopic (exact) mass is 477 g/mol. The van der Waals surface area contributed by atoms with Crippen LogP contribution in [0.1, 0.15) is 25.5 Å². The molecule has 2 aromatic heterocycles. The summed E-state index contributed by atoms with van der Waals surface area (Å²) in [5, 5.41) is 10.7. The normalized spacial score (nSPS) is 21.1. The van der Waals surface area contributed by atoms with Gasteiger partial charge < -0.3 is 20.3 Å². The number of rotatable bonds is 2. The fraction of sp³-hybridized carbons (Fsp3) is 0.529. The van der Waals surface area contributed by atoms with Crippen LogP contribution in [-0.4, -0.2) is 57.4 Å². The van der Waals surface area contributed by atoms with E-state index in [0.29, 0.717) is 27.9 Å². The number of hydrogen-bond acceptors (Lipinski definition) is 6. The minimum Gasteiger partial charge on any atom is -0.475 e. The summed E-state index contributed by atoms with van der Waals surface area (Å²) in [6.45, 7) is 3.85. The molecular formula is C17H19BrF3N5O3. The quantitative estimate of drug-likeness (QED) is 0.607. The predicted octanol–water partition coefficient (Wildman–Crippen LogP) is 2.22. The smallest absolute Gasteiger partial charge is 0.475 e. The number of piperazine rings is 1. The Labute approximate surface area is 171 Å². The molecule has 1 saturated heterocycles. The van der Waals surface area contributed by atoms with Crippen molar-refractivity contribution in [1.82, 2.24) is 20.3 Å². The van der Waals surface area contributed by atoms with E-state index in [1.807, 2.05) is 0 Å². The number of fused-ring (bicyclic) bond motifs is 2. The van der Waals surface area contributed by atoms with Crippen LogP contribution < -0.4 is 15.6 Å². The zero-order valence-electron chi connectivity index (χ0n) is 15.4. The lowest BCUT2D eigenvalue weighted by Crippen LogP contribution is -2.64. The number of carboxylic acid groups (broad SMARTS) is 1. The van der Waals surface area contributed by atoms with Gasteiger partial charge >= 0.3 is 12.1 Å². The molecule has 4 rings (SSSR count). The van der Waals surface area contributed by atoms with E-state index in [9.17, 15) is 18.0 Å². The van der Waals surface area contributed by atoms with Crippen molar-refractivity contribution in [3.05, 3.63) is 26.7 Å². The van der Waals surface area contributed by atoms with Crippen LogP contribution in [-0.2, 0) is 11.2 Å². The molecular weight excluding hydrogens is 459 g/mol. The molecule has 0 spiro atoms. The fourth-order valence-electron chi connectivity index (χ4n) is 3.54. The highest BCUT2D eigenvalue weighted by Crippen LogP contribution is 2.32. The van der Waals surface area contributed by atoms with E-state index in [-0.39, 0.29) is 5.43 Å². The molecule has 8 nitrogen and oxygen atoms in total. The second kappa shape index (κ2) is 8.27. The molecule has 1 aliphatic heterocycles. The van der Waals surface area contributed by atoms with Gasteiger partial charge in [0.2, 0.25) is 5.43 Å². The van der Waals surface area contributed by atoms with Crippen molar-refractivity contribution in [3.8, 4) is 0 Å². The molecule has 0 radical (unpaired) electrons. The number of carbonyl (C=O) groups is 1. The number of carboxylic acids is 1. The second-order valence-electron chi connectivity index (χ2n) is 6.73. The summed E-state index contributed by atoms with van der Waals surface area (Å²) < 4.78 is 32.3. The first kappa shape index (κ1) is 21.5. The zero-order chi connectivity index (χ0) is 21.3. The molecule has 0 aromatic carbocycles. The van der Waals surface area contributed by atoms with Crippen molar-refractivity contribution in [2.75, 3.05) is 18.0 Å². The maximum absolute atomic E-state index is 13.0. The standard InChI is InChI=1S/C15H18BrN5O.C2HF3O2/c1-2-8-13(21-6-5-17-9-3-4-10(9)21)14(22)12-15(19-8)18-7-11(16)20-12;3-2(4,5)1(6)7/h7,9-10,17H,2-6H2,1H3,(H,18,19,22);(H,6,7). The average molecular weight is 478 g/mol. The van der Waals surface area contributed by atoms with Gasteiger partial charge in [0, 0.05) is 30.9 Å². The molecule has 2 fully saturated rings. The number of pyridine rings is 1. The summed E-state index contributed by atoms with van der Waals surface area (Å²) in [7, 11) is 0. The number of aromatic amines is 1. The number of anilines is 1. The van der Waals surface area contributed by atoms with Crippen LogP contribution >= 0.6 is 15.9 Å². The van der Waals surface area contributed by atoms with Gasteiger partial charge in [-0.2, -0.15) is 13.2 Å². The summed E-state index contributed by atoms with van der Waals surface area (Å²) in [5.74, 6) is -2.76. The van der Waals surface area contributed by atoms with Crippen molar-refractivity contribution in [1.29, 1.82) is 0 Å². The Hall–Kier alpha value is -2.21.